The summed E-state index contributed by atoms with van der Waals surface area (Å²) in [5, 5.41) is 28.6. The Hall–Kier alpha value is -2.11. The zero-order valence-electron chi connectivity index (χ0n) is 35.1. The number of esters is 2. The molecule has 0 heterocycles. The summed E-state index contributed by atoms with van der Waals surface area (Å²) >= 11 is 0. The first-order chi connectivity index (χ1) is 27.0. The third kappa shape index (κ3) is 38.7. The SMILES string of the molecule is CCCCC/C=C\C/C=C\C/C=C\C=C\[C@@H](O)CCCC(=O)OC[C@H](COP(=O)(O)OC[C@@H](O)CO)OC(=O)CCCCCCCCCCCCCCC(C)C. The van der Waals surface area contributed by atoms with Crippen molar-refractivity contribution >= 4 is 19.8 Å². The van der Waals surface area contributed by atoms with E-state index < -0.39 is 64.5 Å². The van der Waals surface area contributed by atoms with E-state index in [1.54, 1.807) is 12.2 Å². The van der Waals surface area contributed by atoms with Gasteiger partial charge in [-0.25, -0.2) is 4.57 Å². The highest BCUT2D eigenvalue weighted by Crippen LogP contribution is 2.43. The van der Waals surface area contributed by atoms with Gasteiger partial charge in [-0.3, -0.25) is 18.6 Å². The van der Waals surface area contributed by atoms with E-state index in [0.717, 1.165) is 44.4 Å². The van der Waals surface area contributed by atoms with Gasteiger partial charge in [-0.1, -0.05) is 159 Å². The molecule has 4 N–H and O–H groups in total. The molecular weight excluding hydrogens is 735 g/mol. The van der Waals surface area contributed by atoms with E-state index in [4.69, 9.17) is 19.1 Å². The normalized spacial score (nSPS) is 15.0. The molecule has 0 rings (SSSR count). The number of phosphoric acid groups is 1. The van der Waals surface area contributed by atoms with Crippen LogP contribution in [-0.4, -0.2) is 76.9 Å². The highest BCUT2D eigenvalue weighted by Gasteiger charge is 2.27. The molecule has 0 aromatic heterocycles. The smallest absolute Gasteiger partial charge is 0.462 e. The summed E-state index contributed by atoms with van der Waals surface area (Å²) in [6, 6.07) is 0. The van der Waals surface area contributed by atoms with Crippen molar-refractivity contribution in [3.63, 3.8) is 0 Å². The monoisotopic (exact) mass is 815 g/mol. The van der Waals surface area contributed by atoms with Gasteiger partial charge in [0.2, 0.25) is 0 Å². The zero-order chi connectivity index (χ0) is 41.5. The van der Waals surface area contributed by atoms with E-state index >= 15 is 0 Å². The summed E-state index contributed by atoms with van der Waals surface area (Å²) < 4.78 is 32.6. The van der Waals surface area contributed by atoms with Gasteiger partial charge in [-0.15, -0.1) is 0 Å². The molecular formula is C44H79O11P. The second-order valence-corrected chi connectivity index (χ2v) is 16.5. The molecule has 0 spiro atoms. The Morgan fingerprint density at radius 3 is 1.84 bits per heavy atom. The molecule has 0 saturated carbocycles. The van der Waals surface area contributed by atoms with E-state index in [1.165, 1.54) is 77.0 Å². The van der Waals surface area contributed by atoms with Crippen LogP contribution in [0.3, 0.4) is 0 Å². The molecule has 326 valence electrons. The first-order valence-corrected chi connectivity index (χ1v) is 23.1. The number of hydrogen-bond acceptors (Lipinski definition) is 10. The quantitative estimate of drug-likeness (QED) is 0.0153. The van der Waals surface area contributed by atoms with Crippen LogP contribution in [0.4, 0.5) is 0 Å². The number of hydrogen-bond donors (Lipinski definition) is 4. The molecule has 0 saturated heterocycles. The lowest BCUT2D eigenvalue weighted by Gasteiger charge is -2.20. The summed E-state index contributed by atoms with van der Waals surface area (Å²) in [6.07, 6.45) is 35.4. The van der Waals surface area contributed by atoms with Crippen molar-refractivity contribution in [3.8, 4) is 0 Å². The summed E-state index contributed by atoms with van der Waals surface area (Å²) in [4.78, 5) is 35.0. The fourth-order valence-corrected chi connectivity index (χ4v) is 6.42. The number of allylic oxidation sites excluding steroid dienone is 7. The van der Waals surface area contributed by atoms with Crippen molar-refractivity contribution in [2.45, 2.75) is 187 Å². The average molecular weight is 815 g/mol. The second kappa shape index (κ2) is 38.4. The third-order valence-electron chi connectivity index (χ3n) is 9.02. The number of rotatable bonds is 39. The summed E-state index contributed by atoms with van der Waals surface area (Å²) in [5.41, 5.74) is 0. The molecule has 0 aliphatic heterocycles. The van der Waals surface area contributed by atoms with Crippen molar-refractivity contribution in [2.24, 2.45) is 5.92 Å². The van der Waals surface area contributed by atoms with Crippen LogP contribution >= 0.6 is 7.82 Å². The third-order valence-corrected chi connectivity index (χ3v) is 9.97. The fourth-order valence-electron chi connectivity index (χ4n) is 5.63. The maximum atomic E-state index is 12.6. The van der Waals surface area contributed by atoms with Gasteiger partial charge in [-0.2, -0.15) is 0 Å². The lowest BCUT2D eigenvalue weighted by atomic mass is 10.0. The maximum Gasteiger partial charge on any atom is 0.472 e. The van der Waals surface area contributed by atoms with Crippen LogP contribution < -0.4 is 0 Å². The van der Waals surface area contributed by atoms with Crippen LogP contribution in [0.25, 0.3) is 0 Å². The van der Waals surface area contributed by atoms with Crippen LogP contribution in [0.5, 0.6) is 0 Å². The molecule has 1 unspecified atom stereocenters. The molecule has 11 nitrogen and oxygen atoms in total. The largest absolute Gasteiger partial charge is 0.472 e. The molecule has 0 aliphatic carbocycles. The first-order valence-electron chi connectivity index (χ1n) is 21.6. The van der Waals surface area contributed by atoms with Crippen LogP contribution in [0.1, 0.15) is 168 Å². The number of carbonyl (C=O) groups is 2. The molecule has 0 bridgehead atoms. The zero-order valence-corrected chi connectivity index (χ0v) is 36.0. The predicted octanol–water partition coefficient (Wildman–Crippen LogP) is 10.2. The lowest BCUT2D eigenvalue weighted by molar-refractivity contribution is -0.161. The topological polar surface area (TPSA) is 169 Å². The van der Waals surface area contributed by atoms with Crippen LogP contribution in [-0.2, 0) is 32.7 Å². The Balaban J connectivity index is 4.49. The number of unbranched alkanes of at least 4 members (excludes halogenated alkanes) is 14. The van der Waals surface area contributed by atoms with Crippen LogP contribution in [0.2, 0.25) is 0 Å². The minimum Gasteiger partial charge on any atom is -0.462 e. The van der Waals surface area contributed by atoms with E-state index in [9.17, 15) is 29.3 Å². The second-order valence-electron chi connectivity index (χ2n) is 15.0. The Kier molecular flexibility index (Phi) is 37.0. The molecule has 0 aliphatic rings. The minimum atomic E-state index is -4.66. The predicted molar refractivity (Wildman–Crippen MR) is 225 cm³/mol. The molecule has 4 atom stereocenters. The molecule has 0 fully saturated rings. The van der Waals surface area contributed by atoms with Gasteiger partial charge in [0.25, 0.3) is 0 Å². The highest BCUT2D eigenvalue weighted by molar-refractivity contribution is 7.47. The highest BCUT2D eigenvalue weighted by atomic mass is 31.2. The van der Waals surface area contributed by atoms with Crippen molar-refractivity contribution in [1.82, 2.24) is 0 Å². The molecule has 0 radical (unpaired) electrons. The van der Waals surface area contributed by atoms with Gasteiger partial charge in [0.05, 0.1) is 25.9 Å². The van der Waals surface area contributed by atoms with Gasteiger partial charge in [0.15, 0.2) is 6.10 Å². The first kappa shape index (κ1) is 53.9. The summed E-state index contributed by atoms with van der Waals surface area (Å²) in [6.45, 7) is 4.44. The Labute approximate surface area is 339 Å². The minimum absolute atomic E-state index is 0.0131. The van der Waals surface area contributed by atoms with Gasteiger partial charge >= 0.3 is 19.8 Å². The van der Waals surface area contributed by atoms with Crippen molar-refractivity contribution in [1.29, 1.82) is 0 Å². The van der Waals surface area contributed by atoms with Gasteiger partial charge in [0, 0.05) is 12.8 Å². The number of carbonyl (C=O) groups excluding carboxylic acids is 2. The van der Waals surface area contributed by atoms with E-state index in [1.807, 2.05) is 12.2 Å². The van der Waals surface area contributed by atoms with E-state index in [2.05, 4.69) is 49.6 Å². The van der Waals surface area contributed by atoms with E-state index in [0.29, 0.717) is 19.3 Å². The Morgan fingerprint density at radius 2 is 1.21 bits per heavy atom. The number of ether oxygens (including phenoxy) is 2. The Bertz CT molecular complexity index is 1100. The molecule has 12 heteroatoms. The summed E-state index contributed by atoms with van der Waals surface area (Å²) in [7, 11) is -4.66. The number of aliphatic hydroxyl groups excluding tert-OH is 3. The van der Waals surface area contributed by atoms with Gasteiger partial charge < -0.3 is 29.7 Å². The molecule has 0 aromatic carbocycles. The van der Waals surface area contributed by atoms with Crippen LogP contribution in [0.15, 0.2) is 48.6 Å². The van der Waals surface area contributed by atoms with Crippen LogP contribution in [0, 0.1) is 5.92 Å². The summed E-state index contributed by atoms with van der Waals surface area (Å²) in [5.74, 6) is -0.330. The van der Waals surface area contributed by atoms with E-state index in [-0.39, 0.29) is 12.8 Å². The standard InChI is InChI=1S/C44H79O11P/c1-4-5-6-7-8-9-10-11-15-18-21-24-27-31-40(46)32-29-34-43(48)52-37-42(38-54-56(50,51)53-36-41(47)35-45)55-44(49)33-28-25-22-19-16-13-12-14-17-20-23-26-30-39(2)3/h8-9,11,15,21,24,27,31,39-42,45-47H,4-7,10,12-14,16-20,22-23,25-26,28-30,32-38H2,1-3H3,(H,50,51)/b9-8-,15-11-,24-21-,31-27+/t40-,41+,42-/m1/s1. The van der Waals surface area contributed by atoms with Gasteiger partial charge in [-0.05, 0) is 50.9 Å². The maximum absolute atomic E-state index is 12.6. The number of phosphoric ester groups is 1. The number of aliphatic hydroxyl groups is 3. The fraction of sp³-hybridized carbons (Fsp3) is 0.773. The molecule has 0 amide bonds. The molecule has 0 aromatic rings. The van der Waals surface area contributed by atoms with Crippen molar-refractivity contribution in [2.75, 3.05) is 26.4 Å². The average Bonchev–Trinajstić information content (AvgIpc) is 3.16. The molecule has 56 heavy (non-hydrogen) atoms. The Morgan fingerprint density at radius 1 is 0.643 bits per heavy atom. The lowest BCUT2D eigenvalue weighted by Crippen LogP contribution is -2.30. The van der Waals surface area contributed by atoms with Crippen molar-refractivity contribution < 1.29 is 52.9 Å². The van der Waals surface area contributed by atoms with Gasteiger partial charge in [0.1, 0.15) is 12.7 Å². The van der Waals surface area contributed by atoms with Crippen molar-refractivity contribution in [3.05, 3.63) is 48.6 Å².